The predicted molar refractivity (Wildman–Crippen MR) is 97.2 cm³/mol. The summed E-state index contributed by atoms with van der Waals surface area (Å²) in [5.41, 5.74) is 11.6. The van der Waals surface area contributed by atoms with Gasteiger partial charge in [0.1, 0.15) is 0 Å². The van der Waals surface area contributed by atoms with E-state index < -0.39 is 0 Å². The van der Waals surface area contributed by atoms with E-state index in [2.05, 4.69) is 72.8 Å². The van der Waals surface area contributed by atoms with Crippen molar-refractivity contribution in [1.82, 2.24) is 0 Å². The SMILES string of the molecule is C1=CCC(C2=CCC=C2c2cccc3c2Cc2ccccc2-3)=C1. The van der Waals surface area contributed by atoms with Crippen molar-refractivity contribution >= 4 is 5.57 Å². The van der Waals surface area contributed by atoms with Crippen molar-refractivity contribution in [2.45, 2.75) is 19.3 Å². The summed E-state index contributed by atoms with van der Waals surface area (Å²) in [5.74, 6) is 0. The molecule has 0 heteroatoms. The fraction of sp³-hybridized carbons (Fsp3) is 0.130. The summed E-state index contributed by atoms with van der Waals surface area (Å²) in [5, 5.41) is 0. The van der Waals surface area contributed by atoms with Gasteiger partial charge in [0.2, 0.25) is 0 Å². The van der Waals surface area contributed by atoms with Gasteiger partial charge in [0.15, 0.2) is 0 Å². The molecular weight excluding hydrogens is 276 g/mol. The molecule has 0 saturated heterocycles. The summed E-state index contributed by atoms with van der Waals surface area (Å²) in [6, 6.07) is 15.6. The molecule has 2 aromatic rings. The molecule has 0 nitrogen and oxygen atoms in total. The van der Waals surface area contributed by atoms with Crippen LogP contribution in [0.5, 0.6) is 0 Å². The molecule has 0 N–H and O–H groups in total. The Kier molecular flexibility index (Phi) is 2.78. The highest BCUT2D eigenvalue weighted by atomic mass is 14.3. The van der Waals surface area contributed by atoms with E-state index in [4.69, 9.17) is 0 Å². The van der Waals surface area contributed by atoms with Crippen LogP contribution in [0.4, 0.5) is 0 Å². The van der Waals surface area contributed by atoms with Crippen LogP contribution in [0.2, 0.25) is 0 Å². The lowest BCUT2D eigenvalue weighted by Gasteiger charge is -2.14. The molecule has 0 aliphatic heterocycles. The minimum atomic E-state index is 1.05. The van der Waals surface area contributed by atoms with Gasteiger partial charge in [-0.3, -0.25) is 0 Å². The van der Waals surface area contributed by atoms with Crippen LogP contribution in [0.1, 0.15) is 29.5 Å². The fourth-order valence-electron chi connectivity index (χ4n) is 4.13. The molecule has 0 unspecified atom stereocenters. The van der Waals surface area contributed by atoms with Crippen LogP contribution < -0.4 is 0 Å². The molecule has 2 aromatic carbocycles. The summed E-state index contributed by atoms with van der Waals surface area (Å²) >= 11 is 0. The van der Waals surface area contributed by atoms with Crippen LogP contribution in [0.25, 0.3) is 16.7 Å². The van der Waals surface area contributed by atoms with Crippen LogP contribution in [-0.4, -0.2) is 0 Å². The van der Waals surface area contributed by atoms with Crippen LogP contribution in [0, 0.1) is 0 Å². The molecule has 0 atom stereocenters. The Labute approximate surface area is 137 Å². The van der Waals surface area contributed by atoms with E-state index in [9.17, 15) is 0 Å². The third-order valence-corrected chi connectivity index (χ3v) is 5.19. The van der Waals surface area contributed by atoms with Gasteiger partial charge in [-0.1, -0.05) is 72.8 Å². The van der Waals surface area contributed by atoms with Crippen molar-refractivity contribution in [1.29, 1.82) is 0 Å². The zero-order chi connectivity index (χ0) is 15.2. The highest BCUT2D eigenvalue weighted by molar-refractivity contribution is 5.92. The first kappa shape index (κ1) is 12.9. The molecule has 0 amide bonds. The van der Waals surface area contributed by atoms with Crippen LogP contribution in [-0.2, 0) is 6.42 Å². The number of allylic oxidation sites excluding steroid dienone is 8. The largest absolute Gasteiger partial charge is 0.0801 e. The fourth-order valence-corrected chi connectivity index (χ4v) is 4.13. The summed E-state index contributed by atoms with van der Waals surface area (Å²) < 4.78 is 0. The van der Waals surface area contributed by atoms with E-state index in [0.717, 1.165) is 19.3 Å². The molecular formula is C23H18. The topological polar surface area (TPSA) is 0 Å². The first-order valence-electron chi connectivity index (χ1n) is 8.39. The second kappa shape index (κ2) is 4.96. The lowest BCUT2D eigenvalue weighted by atomic mass is 9.89. The van der Waals surface area contributed by atoms with Crippen molar-refractivity contribution in [3.05, 3.63) is 101 Å². The minimum absolute atomic E-state index is 1.05. The first-order valence-corrected chi connectivity index (χ1v) is 8.39. The number of hydrogen-bond acceptors (Lipinski definition) is 0. The standard InChI is InChI=1S/C23H18/c1-2-8-16(7-1)18-11-5-12-20(18)22-14-6-13-21-19-10-4-3-9-17(19)15-23(21)22/h1-4,6-7,9-14H,5,8,15H2. The van der Waals surface area contributed by atoms with E-state index >= 15 is 0 Å². The van der Waals surface area contributed by atoms with Crippen molar-refractivity contribution in [2.75, 3.05) is 0 Å². The molecule has 0 fully saturated rings. The van der Waals surface area contributed by atoms with Gasteiger partial charge in [-0.15, -0.1) is 0 Å². The maximum Gasteiger partial charge on any atom is -0.000728 e. The van der Waals surface area contributed by atoms with Crippen molar-refractivity contribution < 1.29 is 0 Å². The summed E-state index contributed by atoms with van der Waals surface area (Å²) in [7, 11) is 0. The quantitative estimate of drug-likeness (QED) is 0.555. The highest BCUT2D eigenvalue weighted by Gasteiger charge is 2.24. The zero-order valence-corrected chi connectivity index (χ0v) is 13.0. The normalized spacial score (nSPS) is 17.7. The molecule has 110 valence electrons. The minimum Gasteiger partial charge on any atom is -0.0801 e. The molecule has 3 aliphatic rings. The number of hydrogen-bond donors (Lipinski definition) is 0. The van der Waals surface area contributed by atoms with Gasteiger partial charge in [-0.2, -0.15) is 0 Å². The maximum absolute atomic E-state index is 2.40. The van der Waals surface area contributed by atoms with E-state index in [1.54, 1.807) is 0 Å². The Bertz CT molecular complexity index is 932. The molecule has 0 bridgehead atoms. The predicted octanol–water partition coefficient (Wildman–Crippen LogP) is 5.86. The van der Waals surface area contributed by atoms with Crippen molar-refractivity contribution in [3.63, 3.8) is 0 Å². The third-order valence-electron chi connectivity index (χ3n) is 5.19. The molecule has 0 heterocycles. The number of rotatable bonds is 2. The van der Waals surface area contributed by atoms with E-state index in [1.165, 1.54) is 44.5 Å². The first-order chi connectivity index (χ1) is 11.4. The van der Waals surface area contributed by atoms with E-state index in [0.29, 0.717) is 0 Å². The van der Waals surface area contributed by atoms with Gasteiger partial charge in [0.05, 0.1) is 0 Å². The van der Waals surface area contributed by atoms with Gasteiger partial charge in [0, 0.05) is 0 Å². The molecule has 0 radical (unpaired) electrons. The van der Waals surface area contributed by atoms with Crippen molar-refractivity contribution in [2.24, 2.45) is 0 Å². The summed E-state index contributed by atoms with van der Waals surface area (Å²) in [6.45, 7) is 0. The zero-order valence-electron chi connectivity index (χ0n) is 13.0. The Balaban J connectivity index is 1.63. The lowest BCUT2D eigenvalue weighted by molar-refractivity contribution is 1.24. The van der Waals surface area contributed by atoms with Crippen molar-refractivity contribution in [3.8, 4) is 11.1 Å². The van der Waals surface area contributed by atoms with Gasteiger partial charge < -0.3 is 0 Å². The Morgan fingerprint density at radius 2 is 1.57 bits per heavy atom. The second-order valence-electron chi connectivity index (χ2n) is 6.46. The van der Waals surface area contributed by atoms with Gasteiger partial charge in [-0.05, 0) is 63.8 Å². The summed E-state index contributed by atoms with van der Waals surface area (Å²) in [6.07, 6.45) is 14.7. The Morgan fingerprint density at radius 1 is 0.739 bits per heavy atom. The van der Waals surface area contributed by atoms with Gasteiger partial charge >= 0.3 is 0 Å². The van der Waals surface area contributed by atoms with Crippen LogP contribution in [0.3, 0.4) is 0 Å². The van der Waals surface area contributed by atoms with E-state index in [-0.39, 0.29) is 0 Å². The average molecular weight is 294 g/mol. The molecule has 3 aliphatic carbocycles. The van der Waals surface area contributed by atoms with E-state index in [1.807, 2.05) is 0 Å². The molecule has 0 aromatic heterocycles. The third kappa shape index (κ3) is 1.91. The smallest absolute Gasteiger partial charge is 0.000728 e. The Morgan fingerprint density at radius 3 is 2.48 bits per heavy atom. The maximum atomic E-state index is 2.40. The van der Waals surface area contributed by atoms with Crippen LogP contribution >= 0.6 is 0 Å². The number of fused-ring (bicyclic) bond motifs is 3. The van der Waals surface area contributed by atoms with Gasteiger partial charge in [-0.25, -0.2) is 0 Å². The lowest BCUT2D eigenvalue weighted by Crippen LogP contribution is -1.95. The summed E-state index contributed by atoms with van der Waals surface area (Å²) in [4.78, 5) is 0. The molecule has 0 spiro atoms. The second-order valence-corrected chi connectivity index (χ2v) is 6.46. The monoisotopic (exact) mass is 294 g/mol. The highest BCUT2D eigenvalue weighted by Crippen LogP contribution is 2.44. The average Bonchev–Trinajstić information content (AvgIpc) is 3.32. The molecule has 0 saturated carbocycles. The number of benzene rings is 2. The Hall–Kier alpha value is -2.60. The van der Waals surface area contributed by atoms with Crippen LogP contribution in [0.15, 0.2) is 84.0 Å². The van der Waals surface area contributed by atoms with Gasteiger partial charge in [0.25, 0.3) is 0 Å². The molecule has 5 rings (SSSR count). The molecule has 23 heavy (non-hydrogen) atoms.